The van der Waals surface area contributed by atoms with E-state index in [2.05, 4.69) is 51.1 Å². The maximum Gasteiger partial charge on any atom is 0.0661 e. The van der Waals surface area contributed by atoms with Crippen LogP contribution in [-0.4, -0.2) is 0 Å². The van der Waals surface area contributed by atoms with E-state index in [1.165, 1.54) is 11.1 Å². The van der Waals surface area contributed by atoms with Gasteiger partial charge in [0.05, 0.1) is 12.0 Å². The average Bonchev–Trinajstić information content (AvgIpc) is 2.14. The van der Waals surface area contributed by atoms with Crippen molar-refractivity contribution in [1.82, 2.24) is 0 Å². The highest BCUT2D eigenvalue weighted by atomic mass is 14.3. The van der Waals surface area contributed by atoms with Crippen molar-refractivity contribution in [3.8, 4) is 6.07 Å². The van der Waals surface area contributed by atoms with Gasteiger partial charge in [0.2, 0.25) is 0 Å². The van der Waals surface area contributed by atoms with Gasteiger partial charge in [-0.15, -0.1) is 0 Å². The van der Waals surface area contributed by atoms with Crippen LogP contribution in [0.4, 0.5) is 0 Å². The molecule has 74 valence electrons. The Morgan fingerprint density at radius 2 is 2.07 bits per heavy atom. The standard InChI is InChI=1S/C13H17N/c1-10(2)13(9-14)8-12-6-4-5-11(3)7-12/h4-7,10,13H,8H2,1-3H3. The lowest BCUT2D eigenvalue weighted by molar-refractivity contribution is 0.474. The first-order valence-corrected chi connectivity index (χ1v) is 5.08. The SMILES string of the molecule is Cc1cccc(CC(C#N)C(C)C)c1. The molecule has 1 heteroatoms. The summed E-state index contributed by atoms with van der Waals surface area (Å²) in [6.45, 7) is 6.29. The third kappa shape index (κ3) is 2.88. The summed E-state index contributed by atoms with van der Waals surface area (Å²) < 4.78 is 0. The van der Waals surface area contributed by atoms with Crippen LogP contribution in [0.2, 0.25) is 0 Å². The van der Waals surface area contributed by atoms with Gasteiger partial charge in [-0.1, -0.05) is 43.7 Å². The van der Waals surface area contributed by atoms with Gasteiger partial charge in [-0.2, -0.15) is 5.26 Å². The number of rotatable bonds is 3. The number of benzene rings is 1. The van der Waals surface area contributed by atoms with E-state index in [9.17, 15) is 0 Å². The van der Waals surface area contributed by atoms with Crippen LogP contribution in [0.1, 0.15) is 25.0 Å². The summed E-state index contributed by atoms with van der Waals surface area (Å²) in [5.41, 5.74) is 2.54. The molecule has 0 heterocycles. The third-order valence-electron chi connectivity index (χ3n) is 2.51. The molecular formula is C13H17N. The van der Waals surface area contributed by atoms with E-state index in [4.69, 9.17) is 5.26 Å². The van der Waals surface area contributed by atoms with Crippen LogP contribution in [0.5, 0.6) is 0 Å². The zero-order valence-electron chi connectivity index (χ0n) is 9.12. The molecule has 0 aliphatic rings. The van der Waals surface area contributed by atoms with Crippen LogP contribution < -0.4 is 0 Å². The summed E-state index contributed by atoms with van der Waals surface area (Å²) in [7, 11) is 0. The van der Waals surface area contributed by atoms with E-state index in [0.29, 0.717) is 5.92 Å². The largest absolute Gasteiger partial charge is 0.198 e. The molecule has 0 aliphatic carbocycles. The lowest BCUT2D eigenvalue weighted by atomic mass is 9.90. The summed E-state index contributed by atoms with van der Waals surface area (Å²) in [5.74, 6) is 0.567. The van der Waals surface area contributed by atoms with Gasteiger partial charge in [0.25, 0.3) is 0 Å². The lowest BCUT2D eigenvalue weighted by Crippen LogP contribution is -2.09. The van der Waals surface area contributed by atoms with Gasteiger partial charge in [0.1, 0.15) is 0 Å². The van der Waals surface area contributed by atoms with Crippen LogP contribution in [0, 0.1) is 30.1 Å². The first-order chi connectivity index (χ1) is 6.63. The van der Waals surface area contributed by atoms with E-state index in [1.54, 1.807) is 0 Å². The second-order valence-corrected chi connectivity index (χ2v) is 4.17. The minimum absolute atomic E-state index is 0.136. The Hall–Kier alpha value is -1.29. The van der Waals surface area contributed by atoms with Gasteiger partial charge in [0.15, 0.2) is 0 Å². The molecule has 0 saturated heterocycles. The van der Waals surface area contributed by atoms with Crippen LogP contribution in [0.25, 0.3) is 0 Å². The molecule has 0 spiro atoms. The summed E-state index contributed by atoms with van der Waals surface area (Å²) in [5, 5.41) is 8.98. The topological polar surface area (TPSA) is 23.8 Å². The fourth-order valence-corrected chi connectivity index (χ4v) is 1.52. The monoisotopic (exact) mass is 187 g/mol. The van der Waals surface area contributed by atoms with E-state index in [0.717, 1.165) is 6.42 Å². The van der Waals surface area contributed by atoms with Gasteiger partial charge < -0.3 is 0 Å². The Labute approximate surface area is 86.4 Å². The van der Waals surface area contributed by atoms with Gasteiger partial charge in [0, 0.05) is 0 Å². The Kier molecular flexibility index (Phi) is 3.71. The van der Waals surface area contributed by atoms with Crippen LogP contribution in [0.15, 0.2) is 24.3 Å². The van der Waals surface area contributed by atoms with Crippen LogP contribution >= 0.6 is 0 Å². The Balaban J connectivity index is 2.73. The van der Waals surface area contributed by atoms with Crippen molar-refractivity contribution in [3.63, 3.8) is 0 Å². The molecule has 1 unspecified atom stereocenters. The molecule has 0 saturated carbocycles. The molecule has 0 N–H and O–H groups in total. The number of hydrogen-bond acceptors (Lipinski definition) is 1. The van der Waals surface area contributed by atoms with Crippen molar-refractivity contribution >= 4 is 0 Å². The Morgan fingerprint density at radius 3 is 2.57 bits per heavy atom. The molecule has 0 fully saturated rings. The van der Waals surface area contributed by atoms with Crippen molar-refractivity contribution in [1.29, 1.82) is 5.26 Å². The maximum absolute atomic E-state index is 8.98. The van der Waals surface area contributed by atoms with Gasteiger partial charge in [-0.05, 0) is 24.8 Å². The molecule has 1 aromatic rings. The van der Waals surface area contributed by atoms with E-state index < -0.39 is 0 Å². The van der Waals surface area contributed by atoms with Crippen LogP contribution in [-0.2, 0) is 6.42 Å². The second-order valence-electron chi connectivity index (χ2n) is 4.17. The molecule has 0 bridgehead atoms. The Bertz CT molecular complexity index is 333. The van der Waals surface area contributed by atoms with E-state index in [-0.39, 0.29) is 5.92 Å². The minimum atomic E-state index is 0.136. The average molecular weight is 187 g/mol. The molecule has 14 heavy (non-hydrogen) atoms. The summed E-state index contributed by atoms with van der Waals surface area (Å²) in [6, 6.07) is 10.8. The highest BCUT2D eigenvalue weighted by molar-refractivity contribution is 5.23. The second kappa shape index (κ2) is 4.81. The van der Waals surface area contributed by atoms with Crippen molar-refractivity contribution in [2.24, 2.45) is 11.8 Å². The van der Waals surface area contributed by atoms with Crippen molar-refractivity contribution < 1.29 is 0 Å². The number of hydrogen-bond donors (Lipinski definition) is 0. The number of nitriles is 1. The molecule has 0 radical (unpaired) electrons. The molecule has 0 aromatic heterocycles. The smallest absolute Gasteiger partial charge is 0.0661 e. The third-order valence-corrected chi connectivity index (χ3v) is 2.51. The highest BCUT2D eigenvalue weighted by Crippen LogP contribution is 2.16. The van der Waals surface area contributed by atoms with Crippen molar-refractivity contribution in [2.45, 2.75) is 27.2 Å². The lowest BCUT2D eigenvalue weighted by Gasteiger charge is -2.12. The van der Waals surface area contributed by atoms with Gasteiger partial charge in [-0.3, -0.25) is 0 Å². The zero-order valence-corrected chi connectivity index (χ0v) is 9.12. The molecule has 1 aromatic carbocycles. The summed E-state index contributed by atoms with van der Waals surface area (Å²) in [6.07, 6.45) is 0.871. The predicted octanol–water partition coefficient (Wildman–Crippen LogP) is 3.33. The molecule has 1 rings (SSSR count). The highest BCUT2D eigenvalue weighted by Gasteiger charge is 2.12. The first-order valence-electron chi connectivity index (χ1n) is 5.08. The van der Waals surface area contributed by atoms with Gasteiger partial charge >= 0.3 is 0 Å². The summed E-state index contributed by atoms with van der Waals surface area (Å²) in [4.78, 5) is 0. The molecule has 0 aliphatic heterocycles. The number of aryl methyl sites for hydroxylation is 1. The van der Waals surface area contributed by atoms with Crippen LogP contribution in [0.3, 0.4) is 0 Å². The molecule has 1 nitrogen and oxygen atoms in total. The predicted molar refractivity (Wildman–Crippen MR) is 58.8 cm³/mol. The fourth-order valence-electron chi connectivity index (χ4n) is 1.52. The zero-order chi connectivity index (χ0) is 10.6. The van der Waals surface area contributed by atoms with Crippen molar-refractivity contribution in [2.75, 3.05) is 0 Å². The van der Waals surface area contributed by atoms with E-state index >= 15 is 0 Å². The maximum atomic E-state index is 8.98. The van der Waals surface area contributed by atoms with Gasteiger partial charge in [-0.25, -0.2) is 0 Å². The minimum Gasteiger partial charge on any atom is -0.198 e. The first kappa shape index (κ1) is 10.8. The Morgan fingerprint density at radius 1 is 1.36 bits per heavy atom. The molecule has 0 amide bonds. The summed E-state index contributed by atoms with van der Waals surface area (Å²) >= 11 is 0. The quantitative estimate of drug-likeness (QED) is 0.712. The molecule has 1 atom stereocenters. The molecular weight excluding hydrogens is 170 g/mol. The normalized spacial score (nSPS) is 12.5. The van der Waals surface area contributed by atoms with E-state index in [1.807, 2.05) is 0 Å². The number of nitrogens with zero attached hydrogens (tertiary/aromatic N) is 1. The fraction of sp³-hybridized carbons (Fsp3) is 0.462. The van der Waals surface area contributed by atoms with Crippen molar-refractivity contribution in [3.05, 3.63) is 35.4 Å².